The maximum atomic E-state index is 13.0. The van der Waals surface area contributed by atoms with Gasteiger partial charge < -0.3 is 15.1 Å². The third-order valence-electron chi connectivity index (χ3n) is 5.74. The summed E-state index contributed by atoms with van der Waals surface area (Å²) in [6.07, 6.45) is 0.269. The zero-order valence-electron chi connectivity index (χ0n) is 16.7. The molecule has 0 radical (unpaired) electrons. The van der Waals surface area contributed by atoms with Gasteiger partial charge in [-0.3, -0.25) is 14.9 Å². The highest BCUT2D eigenvalue weighted by molar-refractivity contribution is 6.31. The Morgan fingerprint density at radius 3 is 2.68 bits per heavy atom. The summed E-state index contributed by atoms with van der Waals surface area (Å²) in [4.78, 5) is 40.5. The van der Waals surface area contributed by atoms with E-state index in [9.17, 15) is 14.4 Å². The molecule has 1 aromatic carbocycles. The van der Waals surface area contributed by atoms with Crippen LogP contribution in [0.3, 0.4) is 0 Å². The average molecular weight is 407 g/mol. The molecule has 0 unspecified atom stereocenters. The zero-order chi connectivity index (χ0) is 20.6. The van der Waals surface area contributed by atoms with E-state index in [1.54, 1.807) is 6.92 Å². The molecule has 0 bridgehead atoms. The van der Waals surface area contributed by atoms with E-state index in [4.69, 9.17) is 11.6 Å². The van der Waals surface area contributed by atoms with Crippen LogP contribution in [0.1, 0.15) is 32.8 Å². The van der Waals surface area contributed by atoms with Crippen LogP contribution in [0.4, 0.5) is 10.5 Å². The molecule has 7 nitrogen and oxygen atoms in total. The predicted octanol–water partition coefficient (Wildman–Crippen LogP) is 2.31. The van der Waals surface area contributed by atoms with Crippen LogP contribution in [0.25, 0.3) is 0 Å². The molecule has 2 saturated heterocycles. The van der Waals surface area contributed by atoms with Gasteiger partial charge in [0.05, 0.1) is 0 Å². The van der Waals surface area contributed by atoms with Crippen molar-refractivity contribution in [2.45, 2.75) is 45.7 Å². The number of nitrogens with one attached hydrogen (secondary N) is 2. The van der Waals surface area contributed by atoms with Gasteiger partial charge in [-0.05, 0) is 44.9 Å². The summed E-state index contributed by atoms with van der Waals surface area (Å²) in [5.41, 5.74) is 1.09. The van der Waals surface area contributed by atoms with Gasteiger partial charge in [0.15, 0.2) is 0 Å². The minimum absolute atomic E-state index is 0.00416. The molecular formula is C20H27ClN4O3. The van der Waals surface area contributed by atoms with Gasteiger partial charge in [-0.2, -0.15) is 0 Å². The van der Waals surface area contributed by atoms with Gasteiger partial charge in [0.2, 0.25) is 5.91 Å². The Balaban J connectivity index is 1.65. The van der Waals surface area contributed by atoms with Gasteiger partial charge in [0.1, 0.15) is 5.54 Å². The van der Waals surface area contributed by atoms with Crippen LogP contribution in [-0.2, 0) is 9.59 Å². The van der Waals surface area contributed by atoms with Gasteiger partial charge in [-0.15, -0.1) is 0 Å². The fraction of sp³-hybridized carbons (Fsp3) is 0.550. The summed E-state index contributed by atoms with van der Waals surface area (Å²) in [6.45, 7) is 9.49. The molecule has 2 aliphatic heterocycles. The fourth-order valence-corrected chi connectivity index (χ4v) is 4.33. The first kappa shape index (κ1) is 20.5. The van der Waals surface area contributed by atoms with E-state index in [0.29, 0.717) is 13.1 Å². The lowest BCUT2D eigenvalue weighted by molar-refractivity contribution is -0.137. The lowest BCUT2D eigenvalue weighted by Gasteiger charge is -2.43. The molecule has 4 amide bonds. The second-order valence-corrected chi connectivity index (χ2v) is 8.46. The van der Waals surface area contributed by atoms with Crippen LogP contribution in [0, 0.1) is 12.8 Å². The molecule has 0 aromatic heterocycles. The van der Waals surface area contributed by atoms with Crippen LogP contribution < -0.4 is 15.5 Å². The molecule has 2 N–H and O–H groups in total. The normalized spacial score (nSPS) is 26.1. The third kappa shape index (κ3) is 3.81. The Morgan fingerprint density at radius 2 is 2.07 bits per heavy atom. The molecule has 2 fully saturated rings. The van der Waals surface area contributed by atoms with Crippen molar-refractivity contribution >= 4 is 35.1 Å². The van der Waals surface area contributed by atoms with E-state index in [1.165, 1.54) is 0 Å². The van der Waals surface area contributed by atoms with Crippen molar-refractivity contribution in [1.82, 2.24) is 15.5 Å². The Labute approximate surface area is 170 Å². The van der Waals surface area contributed by atoms with Gasteiger partial charge in [0, 0.05) is 42.3 Å². The lowest BCUT2D eigenvalue weighted by Crippen LogP contribution is -2.56. The van der Waals surface area contributed by atoms with Crippen molar-refractivity contribution in [3.8, 4) is 0 Å². The number of halogens is 1. The van der Waals surface area contributed by atoms with Gasteiger partial charge in [0.25, 0.3) is 5.91 Å². The number of anilines is 1. The maximum absolute atomic E-state index is 13.0. The topological polar surface area (TPSA) is 81.8 Å². The predicted molar refractivity (Wildman–Crippen MR) is 108 cm³/mol. The van der Waals surface area contributed by atoms with Gasteiger partial charge in [-0.1, -0.05) is 24.6 Å². The summed E-state index contributed by atoms with van der Waals surface area (Å²) in [5.74, 6) is -0.753. The van der Waals surface area contributed by atoms with Crippen LogP contribution in [0.2, 0.25) is 5.02 Å². The standard InChI is InChI=1S/C20H27ClN4O3/c1-12(10-20(4)18(27)22-19(28)23-20)17(26)24-8-9-25(13(2)11-24)16-7-5-6-15(21)14(16)3/h5-7,12-13H,8-11H2,1-4H3,(H2,22,23,27,28)/t12-,13-,20+/m0/s1. The molecular weight excluding hydrogens is 380 g/mol. The van der Waals surface area contributed by atoms with Crippen molar-refractivity contribution in [2.75, 3.05) is 24.5 Å². The molecule has 8 heteroatoms. The van der Waals surface area contributed by atoms with E-state index >= 15 is 0 Å². The Hall–Kier alpha value is -2.28. The maximum Gasteiger partial charge on any atom is 0.322 e. The number of imide groups is 1. The Kier molecular flexibility index (Phi) is 5.57. The average Bonchev–Trinajstić information content (AvgIpc) is 2.88. The van der Waals surface area contributed by atoms with Crippen LogP contribution in [-0.4, -0.2) is 54.0 Å². The number of amides is 4. The summed E-state index contributed by atoms with van der Waals surface area (Å²) < 4.78 is 0. The molecule has 3 atom stereocenters. The van der Waals surface area contributed by atoms with Crippen molar-refractivity contribution in [3.05, 3.63) is 28.8 Å². The number of nitrogens with zero attached hydrogens (tertiary/aromatic N) is 2. The number of piperazine rings is 1. The van der Waals surface area contributed by atoms with Crippen molar-refractivity contribution in [3.63, 3.8) is 0 Å². The molecule has 0 spiro atoms. The van der Waals surface area contributed by atoms with Crippen LogP contribution in [0.5, 0.6) is 0 Å². The van der Waals surface area contributed by atoms with E-state index in [2.05, 4.69) is 28.5 Å². The molecule has 2 aliphatic rings. The summed E-state index contributed by atoms with van der Waals surface area (Å²) in [6, 6.07) is 5.52. The minimum atomic E-state index is -1.04. The highest BCUT2D eigenvalue weighted by Gasteiger charge is 2.44. The summed E-state index contributed by atoms with van der Waals surface area (Å²) in [7, 11) is 0. The number of carbonyl (C=O) groups excluding carboxylic acids is 3. The SMILES string of the molecule is Cc1c(Cl)cccc1N1CCN(C(=O)[C@@H](C)C[C@@]2(C)NC(=O)NC2=O)C[C@@H]1C. The van der Waals surface area contributed by atoms with E-state index in [0.717, 1.165) is 22.8 Å². The molecule has 0 aliphatic carbocycles. The molecule has 3 rings (SSSR count). The second-order valence-electron chi connectivity index (χ2n) is 8.06. The first-order chi connectivity index (χ1) is 13.1. The Morgan fingerprint density at radius 1 is 1.36 bits per heavy atom. The van der Waals surface area contributed by atoms with E-state index < -0.39 is 11.6 Å². The van der Waals surface area contributed by atoms with Crippen molar-refractivity contribution in [2.24, 2.45) is 5.92 Å². The molecule has 28 heavy (non-hydrogen) atoms. The van der Waals surface area contributed by atoms with Crippen molar-refractivity contribution < 1.29 is 14.4 Å². The van der Waals surface area contributed by atoms with E-state index in [1.807, 2.05) is 30.9 Å². The van der Waals surface area contributed by atoms with Crippen LogP contribution in [0.15, 0.2) is 18.2 Å². The molecule has 152 valence electrons. The fourth-order valence-electron chi connectivity index (χ4n) is 4.16. The van der Waals surface area contributed by atoms with Crippen LogP contribution >= 0.6 is 11.6 Å². The molecule has 2 heterocycles. The zero-order valence-corrected chi connectivity index (χ0v) is 17.5. The number of carbonyl (C=O) groups is 3. The number of rotatable bonds is 4. The largest absolute Gasteiger partial charge is 0.365 e. The van der Waals surface area contributed by atoms with E-state index in [-0.39, 0.29) is 30.2 Å². The number of benzene rings is 1. The third-order valence-corrected chi connectivity index (χ3v) is 6.15. The first-order valence-corrected chi connectivity index (χ1v) is 9.94. The van der Waals surface area contributed by atoms with Gasteiger partial charge in [-0.25, -0.2) is 4.79 Å². The molecule has 1 aromatic rings. The van der Waals surface area contributed by atoms with Crippen molar-refractivity contribution in [1.29, 1.82) is 0 Å². The summed E-state index contributed by atoms with van der Waals surface area (Å²) >= 11 is 6.26. The quantitative estimate of drug-likeness (QED) is 0.752. The summed E-state index contributed by atoms with van der Waals surface area (Å²) in [5, 5.41) is 5.61. The lowest BCUT2D eigenvalue weighted by atomic mass is 9.89. The number of urea groups is 1. The smallest absolute Gasteiger partial charge is 0.322 e. The molecule has 0 saturated carbocycles. The number of hydrogen-bond donors (Lipinski definition) is 2. The second kappa shape index (κ2) is 7.62. The highest BCUT2D eigenvalue weighted by atomic mass is 35.5. The first-order valence-electron chi connectivity index (χ1n) is 9.56. The minimum Gasteiger partial charge on any atom is -0.365 e. The number of hydrogen-bond acceptors (Lipinski definition) is 4. The van der Waals surface area contributed by atoms with Gasteiger partial charge >= 0.3 is 6.03 Å². The highest BCUT2D eigenvalue weighted by Crippen LogP contribution is 2.30. The monoisotopic (exact) mass is 406 g/mol. The Bertz CT molecular complexity index is 815.